The van der Waals surface area contributed by atoms with Crippen molar-refractivity contribution >= 4 is 27.3 Å². The molecule has 4 rings (SSSR count). The number of carbonyl (C=O) groups excluding carboxylic acids is 1. The molecule has 4 nitrogen and oxygen atoms in total. The van der Waals surface area contributed by atoms with E-state index in [1.54, 1.807) is 13.0 Å². The van der Waals surface area contributed by atoms with Crippen LogP contribution >= 0.6 is 11.3 Å². The SMILES string of the molecule is Cc1c(C(=O)NC[C@H]2COc3ccccc3O2)sc2cccc(F)c12. The number of hydrogen-bond donors (Lipinski definition) is 1. The Balaban J connectivity index is 1.47. The number of amides is 1. The molecule has 0 spiro atoms. The van der Waals surface area contributed by atoms with Crippen molar-refractivity contribution in [1.82, 2.24) is 5.32 Å². The first-order chi connectivity index (χ1) is 12.1. The van der Waals surface area contributed by atoms with Crippen LogP contribution in [0.25, 0.3) is 10.1 Å². The van der Waals surface area contributed by atoms with E-state index in [0.29, 0.717) is 40.5 Å². The molecule has 0 saturated heterocycles. The molecular weight excluding hydrogens is 341 g/mol. The van der Waals surface area contributed by atoms with Crippen LogP contribution in [0.15, 0.2) is 42.5 Å². The van der Waals surface area contributed by atoms with E-state index in [1.165, 1.54) is 17.4 Å². The highest BCUT2D eigenvalue weighted by molar-refractivity contribution is 7.21. The molecule has 0 radical (unpaired) electrons. The Labute approximate surface area is 148 Å². The molecule has 1 aromatic heterocycles. The van der Waals surface area contributed by atoms with Gasteiger partial charge in [-0.2, -0.15) is 0 Å². The average molecular weight is 357 g/mol. The van der Waals surface area contributed by atoms with Crippen LogP contribution in [0.4, 0.5) is 4.39 Å². The summed E-state index contributed by atoms with van der Waals surface area (Å²) in [5, 5.41) is 3.38. The second-order valence-electron chi connectivity index (χ2n) is 5.88. The van der Waals surface area contributed by atoms with E-state index >= 15 is 0 Å². The number of benzene rings is 2. The first kappa shape index (κ1) is 15.9. The smallest absolute Gasteiger partial charge is 0.261 e. The summed E-state index contributed by atoms with van der Waals surface area (Å²) in [5.74, 6) is 0.862. The van der Waals surface area contributed by atoms with Crippen molar-refractivity contribution in [3.05, 3.63) is 58.7 Å². The molecule has 128 valence electrons. The molecule has 1 atom stereocenters. The third-order valence-electron chi connectivity index (χ3n) is 4.17. The zero-order chi connectivity index (χ0) is 17.4. The Kier molecular flexibility index (Phi) is 4.05. The Morgan fingerprint density at radius 3 is 2.84 bits per heavy atom. The van der Waals surface area contributed by atoms with Crippen LogP contribution in [-0.2, 0) is 0 Å². The molecule has 3 aromatic rings. The van der Waals surface area contributed by atoms with Gasteiger partial charge in [0.15, 0.2) is 11.5 Å². The van der Waals surface area contributed by atoms with Gasteiger partial charge >= 0.3 is 0 Å². The predicted octanol–water partition coefficient (Wildman–Crippen LogP) is 3.92. The number of rotatable bonds is 3. The summed E-state index contributed by atoms with van der Waals surface area (Å²) < 4.78 is 26.2. The van der Waals surface area contributed by atoms with Gasteiger partial charge in [0.25, 0.3) is 5.91 Å². The minimum atomic E-state index is -0.300. The Hall–Kier alpha value is -2.60. The predicted molar refractivity (Wildman–Crippen MR) is 95.2 cm³/mol. The summed E-state index contributed by atoms with van der Waals surface area (Å²) in [6.07, 6.45) is -0.259. The summed E-state index contributed by atoms with van der Waals surface area (Å²) in [6, 6.07) is 12.3. The molecule has 0 saturated carbocycles. The van der Waals surface area contributed by atoms with Gasteiger partial charge in [-0.25, -0.2) is 4.39 Å². The molecule has 0 unspecified atom stereocenters. The molecule has 2 aromatic carbocycles. The molecule has 0 aliphatic carbocycles. The van der Waals surface area contributed by atoms with Crippen molar-refractivity contribution in [2.24, 2.45) is 0 Å². The van der Waals surface area contributed by atoms with Gasteiger partial charge < -0.3 is 14.8 Å². The second-order valence-corrected chi connectivity index (χ2v) is 6.93. The maximum Gasteiger partial charge on any atom is 0.261 e. The zero-order valence-corrected chi connectivity index (χ0v) is 14.4. The summed E-state index contributed by atoms with van der Waals surface area (Å²) in [6.45, 7) is 2.47. The highest BCUT2D eigenvalue weighted by Gasteiger charge is 2.23. The van der Waals surface area contributed by atoms with Crippen molar-refractivity contribution in [2.45, 2.75) is 13.0 Å². The Morgan fingerprint density at radius 2 is 2.04 bits per heavy atom. The number of hydrogen-bond acceptors (Lipinski definition) is 4. The van der Waals surface area contributed by atoms with Crippen LogP contribution in [0.1, 0.15) is 15.2 Å². The van der Waals surface area contributed by atoms with E-state index in [2.05, 4.69) is 5.32 Å². The zero-order valence-electron chi connectivity index (χ0n) is 13.5. The van der Waals surface area contributed by atoms with E-state index in [-0.39, 0.29) is 17.8 Å². The normalized spacial score (nSPS) is 16.0. The van der Waals surface area contributed by atoms with Gasteiger partial charge in [0.1, 0.15) is 18.5 Å². The van der Waals surface area contributed by atoms with Crippen molar-refractivity contribution in [2.75, 3.05) is 13.2 Å². The lowest BCUT2D eigenvalue weighted by Crippen LogP contribution is -2.40. The lowest BCUT2D eigenvalue weighted by molar-refractivity contribution is 0.0791. The number of ether oxygens (including phenoxy) is 2. The largest absolute Gasteiger partial charge is 0.486 e. The molecule has 0 bridgehead atoms. The van der Waals surface area contributed by atoms with Crippen LogP contribution in [-0.4, -0.2) is 25.2 Å². The first-order valence-corrected chi connectivity index (χ1v) is 8.79. The third-order valence-corrected chi connectivity index (χ3v) is 5.42. The molecule has 1 N–H and O–H groups in total. The molecule has 2 heterocycles. The number of thiophene rings is 1. The van der Waals surface area contributed by atoms with E-state index in [4.69, 9.17) is 9.47 Å². The highest BCUT2D eigenvalue weighted by atomic mass is 32.1. The summed E-state index contributed by atoms with van der Waals surface area (Å²) >= 11 is 1.30. The summed E-state index contributed by atoms with van der Waals surface area (Å²) in [7, 11) is 0. The van der Waals surface area contributed by atoms with E-state index in [0.717, 1.165) is 4.70 Å². The van der Waals surface area contributed by atoms with Gasteiger partial charge in [0.2, 0.25) is 0 Å². The average Bonchev–Trinajstić information content (AvgIpc) is 2.97. The van der Waals surface area contributed by atoms with Crippen molar-refractivity contribution in [3.8, 4) is 11.5 Å². The quantitative estimate of drug-likeness (QED) is 0.773. The Morgan fingerprint density at radius 1 is 1.24 bits per heavy atom. The molecule has 0 fully saturated rings. The lowest BCUT2D eigenvalue weighted by Gasteiger charge is -2.26. The van der Waals surface area contributed by atoms with E-state index in [1.807, 2.05) is 30.3 Å². The van der Waals surface area contributed by atoms with Gasteiger partial charge in [-0.15, -0.1) is 11.3 Å². The number of halogens is 1. The molecule has 6 heteroatoms. The fraction of sp³-hybridized carbons (Fsp3) is 0.211. The number of aryl methyl sites for hydroxylation is 1. The van der Waals surface area contributed by atoms with Crippen molar-refractivity contribution < 1.29 is 18.7 Å². The van der Waals surface area contributed by atoms with Gasteiger partial charge in [0, 0.05) is 10.1 Å². The summed E-state index contributed by atoms with van der Waals surface area (Å²) in [5.41, 5.74) is 0.668. The minimum Gasteiger partial charge on any atom is -0.486 e. The standard InChI is InChI=1S/C19H16FNO3S/c1-11-17-13(20)5-4-8-16(17)25-18(11)19(22)21-9-12-10-23-14-6-2-3-7-15(14)24-12/h2-8,12H,9-10H2,1H3,(H,21,22)/t12-/m0/s1. The van der Waals surface area contributed by atoms with Gasteiger partial charge in [-0.05, 0) is 36.8 Å². The van der Waals surface area contributed by atoms with Gasteiger partial charge in [-0.3, -0.25) is 4.79 Å². The maximum absolute atomic E-state index is 14.0. The topological polar surface area (TPSA) is 47.6 Å². The monoisotopic (exact) mass is 357 g/mol. The molecular formula is C19H16FNO3S. The molecule has 1 amide bonds. The maximum atomic E-state index is 14.0. The van der Waals surface area contributed by atoms with Crippen LogP contribution in [0.5, 0.6) is 11.5 Å². The molecule has 25 heavy (non-hydrogen) atoms. The molecule has 1 aliphatic heterocycles. The van der Waals surface area contributed by atoms with Gasteiger partial charge in [-0.1, -0.05) is 18.2 Å². The number of para-hydroxylation sites is 2. The van der Waals surface area contributed by atoms with Crippen LogP contribution in [0.2, 0.25) is 0 Å². The van der Waals surface area contributed by atoms with E-state index in [9.17, 15) is 9.18 Å². The van der Waals surface area contributed by atoms with E-state index < -0.39 is 0 Å². The second kappa shape index (κ2) is 6.37. The fourth-order valence-electron chi connectivity index (χ4n) is 2.92. The minimum absolute atomic E-state index is 0.222. The fourth-order valence-corrected chi connectivity index (χ4v) is 4.06. The van der Waals surface area contributed by atoms with Crippen LogP contribution < -0.4 is 14.8 Å². The van der Waals surface area contributed by atoms with Gasteiger partial charge in [0.05, 0.1) is 11.4 Å². The van der Waals surface area contributed by atoms with Crippen LogP contribution in [0, 0.1) is 12.7 Å². The molecule has 1 aliphatic rings. The number of fused-ring (bicyclic) bond motifs is 2. The lowest BCUT2D eigenvalue weighted by atomic mass is 10.1. The first-order valence-electron chi connectivity index (χ1n) is 7.98. The van der Waals surface area contributed by atoms with Crippen molar-refractivity contribution in [3.63, 3.8) is 0 Å². The third kappa shape index (κ3) is 2.93. The van der Waals surface area contributed by atoms with Crippen molar-refractivity contribution in [1.29, 1.82) is 0 Å². The van der Waals surface area contributed by atoms with Crippen LogP contribution in [0.3, 0.4) is 0 Å². The number of nitrogens with one attached hydrogen (secondary N) is 1. The summed E-state index contributed by atoms with van der Waals surface area (Å²) in [4.78, 5) is 13.0. The highest BCUT2D eigenvalue weighted by Crippen LogP contribution is 2.33. The number of carbonyl (C=O) groups is 1. The Bertz CT molecular complexity index is 953.